The Morgan fingerprint density at radius 1 is 1.04 bits per heavy atom. The first kappa shape index (κ1) is 19.3. The van der Waals surface area contributed by atoms with Gasteiger partial charge in [-0.05, 0) is 35.9 Å². The molecule has 2 aromatic carbocycles. The van der Waals surface area contributed by atoms with E-state index in [-0.39, 0.29) is 28.2 Å². The van der Waals surface area contributed by atoms with Gasteiger partial charge >= 0.3 is 0 Å². The second-order valence-corrected chi connectivity index (χ2v) is 7.74. The third-order valence-corrected chi connectivity index (χ3v) is 5.83. The number of halogens is 3. The monoisotopic (exact) mass is 409 g/mol. The number of rotatable bonds is 6. The van der Waals surface area contributed by atoms with Gasteiger partial charge in [-0.3, -0.25) is 0 Å². The van der Waals surface area contributed by atoms with Gasteiger partial charge in [-0.1, -0.05) is 18.2 Å². The summed E-state index contributed by atoms with van der Waals surface area (Å²) in [5, 5.41) is -0.0858. The van der Waals surface area contributed by atoms with Crippen molar-refractivity contribution < 1.29 is 21.9 Å². The second-order valence-electron chi connectivity index (χ2n) is 5.61. The lowest BCUT2D eigenvalue weighted by atomic mass is 10.2. The van der Waals surface area contributed by atoms with Crippen LogP contribution in [0.15, 0.2) is 70.7 Å². The average molecular weight is 410 g/mol. The number of sulfone groups is 1. The van der Waals surface area contributed by atoms with Crippen LogP contribution >= 0.6 is 11.6 Å². The predicted octanol–water partition coefficient (Wildman–Crippen LogP) is 4.51. The Labute approximate surface area is 160 Å². The fraction of sp³-hybridized carbons (Fsp3) is 0.105. The molecule has 0 aliphatic heterocycles. The lowest BCUT2D eigenvalue weighted by molar-refractivity contribution is 0.289. The van der Waals surface area contributed by atoms with Gasteiger partial charge in [0.05, 0.1) is 10.8 Å². The van der Waals surface area contributed by atoms with Crippen molar-refractivity contribution in [3.63, 3.8) is 0 Å². The fourth-order valence-electron chi connectivity index (χ4n) is 2.40. The van der Waals surface area contributed by atoms with Gasteiger partial charge in [0.15, 0.2) is 16.6 Å². The van der Waals surface area contributed by atoms with Crippen molar-refractivity contribution in [1.29, 1.82) is 0 Å². The number of hydrogen-bond donors (Lipinski definition) is 0. The number of pyridine rings is 1. The highest BCUT2D eigenvalue weighted by atomic mass is 35.5. The van der Waals surface area contributed by atoms with Gasteiger partial charge in [0, 0.05) is 17.8 Å². The highest BCUT2D eigenvalue weighted by molar-refractivity contribution is 7.91. The van der Waals surface area contributed by atoms with E-state index in [0.29, 0.717) is 11.1 Å². The normalized spacial score (nSPS) is 11.4. The molecule has 4 nitrogen and oxygen atoms in total. The van der Waals surface area contributed by atoms with E-state index >= 15 is 0 Å². The summed E-state index contributed by atoms with van der Waals surface area (Å²) >= 11 is 5.80. The van der Waals surface area contributed by atoms with Gasteiger partial charge in [0.1, 0.15) is 12.4 Å². The molecule has 0 bridgehead atoms. The first-order valence-corrected chi connectivity index (χ1v) is 9.85. The molecule has 0 unspecified atom stereocenters. The lowest BCUT2D eigenvalue weighted by Crippen LogP contribution is -2.08. The summed E-state index contributed by atoms with van der Waals surface area (Å²) in [4.78, 5) is 4.00. The van der Waals surface area contributed by atoms with Crippen molar-refractivity contribution in [2.24, 2.45) is 0 Å². The molecular weight excluding hydrogens is 396 g/mol. The molecule has 3 aromatic rings. The Balaban J connectivity index is 1.78. The van der Waals surface area contributed by atoms with Crippen molar-refractivity contribution in [3.05, 3.63) is 83.6 Å². The Morgan fingerprint density at radius 2 is 1.78 bits per heavy atom. The summed E-state index contributed by atoms with van der Waals surface area (Å²) in [5.41, 5.74) is 1.04. The van der Waals surface area contributed by atoms with Gasteiger partial charge in [0.25, 0.3) is 0 Å². The number of nitrogens with zero attached hydrogens (tertiary/aromatic N) is 1. The Kier molecular flexibility index (Phi) is 5.72. The molecule has 1 aromatic heterocycles. The molecule has 0 aliphatic carbocycles. The van der Waals surface area contributed by atoms with Crippen LogP contribution in [0.3, 0.4) is 0 Å². The van der Waals surface area contributed by atoms with Crippen LogP contribution in [-0.4, -0.2) is 13.4 Å². The molecule has 3 rings (SSSR count). The van der Waals surface area contributed by atoms with E-state index in [1.165, 1.54) is 24.4 Å². The molecule has 0 N–H and O–H groups in total. The maximum Gasteiger partial charge on any atom is 0.224 e. The molecule has 0 spiro atoms. The minimum Gasteiger partial charge on any atom is -0.486 e. The summed E-state index contributed by atoms with van der Waals surface area (Å²) < 4.78 is 57.3. The fourth-order valence-corrected chi connectivity index (χ4v) is 4.10. The molecule has 0 saturated heterocycles. The maximum absolute atomic E-state index is 13.6. The maximum atomic E-state index is 13.6. The predicted molar refractivity (Wildman–Crippen MR) is 96.4 cm³/mol. The lowest BCUT2D eigenvalue weighted by Gasteiger charge is -2.10. The van der Waals surface area contributed by atoms with Crippen LogP contribution in [0.4, 0.5) is 8.78 Å². The third-order valence-electron chi connectivity index (χ3n) is 3.77. The van der Waals surface area contributed by atoms with Crippen LogP contribution in [0, 0.1) is 11.6 Å². The van der Waals surface area contributed by atoms with Crippen LogP contribution in [-0.2, 0) is 22.3 Å². The molecule has 0 radical (unpaired) electrons. The van der Waals surface area contributed by atoms with Crippen LogP contribution in [0.25, 0.3) is 0 Å². The largest absolute Gasteiger partial charge is 0.486 e. The highest BCUT2D eigenvalue weighted by Gasteiger charge is 2.22. The molecule has 0 amide bonds. The van der Waals surface area contributed by atoms with E-state index in [1.807, 2.05) is 0 Å². The summed E-state index contributed by atoms with van der Waals surface area (Å²) in [6.07, 6.45) is 1.39. The van der Waals surface area contributed by atoms with Gasteiger partial charge in [0.2, 0.25) is 9.84 Å². The minimum atomic E-state index is -3.82. The summed E-state index contributed by atoms with van der Waals surface area (Å²) in [6, 6.07) is 12.2. The van der Waals surface area contributed by atoms with Crippen molar-refractivity contribution in [2.75, 3.05) is 0 Å². The van der Waals surface area contributed by atoms with E-state index in [9.17, 15) is 17.2 Å². The number of benzene rings is 2. The molecule has 140 valence electrons. The number of alkyl halides is 1. The Hall–Kier alpha value is -2.51. The van der Waals surface area contributed by atoms with Crippen molar-refractivity contribution in [3.8, 4) is 5.75 Å². The zero-order valence-electron chi connectivity index (χ0n) is 13.9. The van der Waals surface area contributed by atoms with Crippen molar-refractivity contribution in [2.45, 2.75) is 22.4 Å². The zero-order chi connectivity index (χ0) is 19.4. The van der Waals surface area contributed by atoms with Crippen LogP contribution in [0.1, 0.15) is 11.1 Å². The first-order valence-electron chi connectivity index (χ1n) is 7.83. The van der Waals surface area contributed by atoms with Crippen molar-refractivity contribution in [1.82, 2.24) is 4.98 Å². The molecule has 0 aliphatic rings. The van der Waals surface area contributed by atoms with Gasteiger partial charge in [-0.2, -0.15) is 0 Å². The molecular formula is C19H14ClF2NO3S. The number of hydrogen-bond acceptors (Lipinski definition) is 4. The highest BCUT2D eigenvalue weighted by Crippen LogP contribution is 2.24. The smallest absolute Gasteiger partial charge is 0.224 e. The molecule has 27 heavy (non-hydrogen) atoms. The molecule has 0 saturated carbocycles. The van der Waals surface area contributed by atoms with Crippen LogP contribution in [0.2, 0.25) is 0 Å². The van der Waals surface area contributed by atoms with E-state index in [4.69, 9.17) is 16.3 Å². The van der Waals surface area contributed by atoms with E-state index in [1.54, 1.807) is 24.3 Å². The Bertz CT molecular complexity index is 1060. The minimum absolute atomic E-state index is 0.000598. The summed E-state index contributed by atoms with van der Waals surface area (Å²) in [7, 11) is -3.82. The van der Waals surface area contributed by atoms with Crippen LogP contribution < -0.4 is 4.74 Å². The third kappa shape index (κ3) is 4.26. The van der Waals surface area contributed by atoms with Gasteiger partial charge < -0.3 is 4.74 Å². The van der Waals surface area contributed by atoms with E-state index < -0.39 is 21.5 Å². The summed E-state index contributed by atoms with van der Waals surface area (Å²) in [5.74, 6) is -1.57. The SMILES string of the molecule is O=S(=O)(c1ccc(COc2ccc(F)cc2F)cc1)c1ncccc1CCl. The standard InChI is InChI=1S/C19H14ClF2NO3S/c20-11-14-2-1-9-23-19(14)27(24,25)16-6-3-13(4-7-16)12-26-18-8-5-15(21)10-17(18)22/h1-10H,11-12H2. The number of aromatic nitrogens is 1. The van der Waals surface area contributed by atoms with E-state index in [0.717, 1.165) is 12.1 Å². The second kappa shape index (κ2) is 8.02. The molecule has 0 atom stereocenters. The first-order chi connectivity index (χ1) is 12.9. The van der Waals surface area contributed by atoms with Gasteiger partial charge in [-0.25, -0.2) is 22.2 Å². The Morgan fingerprint density at radius 3 is 2.44 bits per heavy atom. The topological polar surface area (TPSA) is 56.3 Å². The average Bonchev–Trinajstić information content (AvgIpc) is 2.67. The molecule has 8 heteroatoms. The van der Waals surface area contributed by atoms with Crippen molar-refractivity contribution >= 4 is 21.4 Å². The van der Waals surface area contributed by atoms with Crippen LogP contribution in [0.5, 0.6) is 5.75 Å². The zero-order valence-corrected chi connectivity index (χ0v) is 15.5. The van der Waals surface area contributed by atoms with E-state index in [2.05, 4.69) is 4.98 Å². The molecule has 1 heterocycles. The molecule has 0 fully saturated rings. The quantitative estimate of drug-likeness (QED) is 0.562. The summed E-state index contributed by atoms with van der Waals surface area (Å²) in [6.45, 7) is -0.000598. The van der Waals surface area contributed by atoms with Gasteiger partial charge in [-0.15, -0.1) is 11.6 Å². The number of ether oxygens (including phenoxy) is 1.